The molecule has 0 bridgehead atoms. The van der Waals surface area contributed by atoms with Crippen LogP contribution < -0.4 is 5.32 Å². The van der Waals surface area contributed by atoms with Crippen LogP contribution >= 0.6 is 0 Å². The third-order valence-electron chi connectivity index (χ3n) is 4.68. The lowest BCUT2D eigenvalue weighted by molar-refractivity contribution is -0.125. The van der Waals surface area contributed by atoms with Gasteiger partial charge in [0.1, 0.15) is 17.6 Å². The van der Waals surface area contributed by atoms with Crippen molar-refractivity contribution in [2.24, 2.45) is 0 Å². The average molecular weight is 372 g/mol. The van der Waals surface area contributed by atoms with Gasteiger partial charge in [-0.1, -0.05) is 24.3 Å². The molecule has 2 aromatic carbocycles. The second kappa shape index (κ2) is 8.18. The monoisotopic (exact) mass is 372 g/mol. The SMILES string of the molecule is O=C(NC[C@@H](O)c1ccc(F)cc1)[C@H]1CCCN1C(=O)c1ccccc1O. The molecule has 3 N–H and O–H groups in total. The van der Waals surface area contributed by atoms with E-state index in [2.05, 4.69) is 5.32 Å². The van der Waals surface area contributed by atoms with E-state index in [0.717, 1.165) is 0 Å². The van der Waals surface area contributed by atoms with Gasteiger partial charge in [0.05, 0.1) is 11.7 Å². The molecule has 27 heavy (non-hydrogen) atoms. The molecule has 142 valence electrons. The molecule has 0 radical (unpaired) electrons. The van der Waals surface area contributed by atoms with Crippen molar-refractivity contribution in [1.82, 2.24) is 10.2 Å². The molecule has 0 unspecified atom stereocenters. The van der Waals surface area contributed by atoms with E-state index >= 15 is 0 Å². The van der Waals surface area contributed by atoms with Crippen molar-refractivity contribution in [3.63, 3.8) is 0 Å². The number of phenols is 1. The first-order valence-corrected chi connectivity index (χ1v) is 8.77. The number of rotatable bonds is 5. The maximum atomic E-state index is 12.9. The highest BCUT2D eigenvalue weighted by molar-refractivity contribution is 5.99. The first-order chi connectivity index (χ1) is 13.0. The zero-order valence-electron chi connectivity index (χ0n) is 14.6. The largest absolute Gasteiger partial charge is 0.507 e. The van der Waals surface area contributed by atoms with Crippen molar-refractivity contribution < 1.29 is 24.2 Å². The molecule has 1 aliphatic heterocycles. The van der Waals surface area contributed by atoms with Gasteiger partial charge in [0, 0.05) is 13.1 Å². The summed E-state index contributed by atoms with van der Waals surface area (Å²) in [6.45, 7) is 0.380. The molecular formula is C20H21FN2O4. The van der Waals surface area contributed by atoms with Crippen LogP contribution in [0.25, 0.3) is 0 Å². The smallest absolute Gasteiger partial charge is 0.258 e. The predicted molar refractivity (Wildman–Crippen MR) is 96.5 cm³/mol. The summed E-state index contributed by atoms with van der Waals surface area (Å²) < 4.78 is 12.9. The van der Waals surface area contributed by atoms with Gasteiger partial charge in [0.2, 0.25) is 5.91 Å². The summed E-state index contributed by atoms with van der Waals surface area (Å²) in [5.41, 5.74) is 0.647. The molecular weight excluding hydrogens is 351 g/mol. The highest BCUT2D eigenvalue weighted by Gasteiger charge is 2.35. The van der Waals surface area contributed by atoms with E-state index in [1.165, 1.54) is 41.3 Å². The van der Waals surface area contributed by atoms with E-state index in [1.54, 1.807) is 12.1 Å². The molecule has 1 aliphatic rings. The number of aliphatic hydroxyl groups excluding tert-OH is 1. The predicted octanol–water partition coefficient (Wildman–Crippen LogP) is 1.99. The summed E-state index contributed by atoms with van der Waals surface area (Å²) in [5.74, 6) is -1.29. The van der Waals surface area contributed by atoms with Crippen LogP contribution in [0.2, 0.25) is 0 Å². The third kappa shape index (κ3) is 4.25. The van der Waals surface area contributed by atoms with Crippen LogP contribution in [0.1, 0.15) is 34.9 Å². The Morgan fingerprint density at radius 2 is 1.89 bits per heavy atom. The molecule has 0 aromatic heterocycles. The Balaban J connectivity index is 1.62. The topological polar surface area (TPSA) is 89.9 Å². The van der Waals surface area contributed by atoms with Gasteiger partial charge >= 0.3 is 0 Å². The fourth-order valence-corrected chi connectivity index (χ4v) is 3.21. The minimum absolute atomic E-state index is 0.0421. The molecule has 1 saturated heterocycles. The Morgan fingerprint density at radius 1 is 1.19 bits per heavy atom. The van der Waals surface area contributed by atoms with E-state index in [4.69, 9.17) is 0 Å². The summed E-state index contributed by atoms with van der Waals surface area (Å²) in [5, 5.41) is 22.7. The molecule has 6 nitrogen and oxygen atoms in total. The number of nitrogens with one attached hydrogen (secondary N) is 1. The number of amides is 2. The molecule has 0 saturated carbocycles. The Bertz CT molecular complexity index is 825. The number of benzene rings is 2. The number of likely N-dealkylation sites (tertiary alicyclic amines) is 1. The van der Waals surface area contributed by atoms with Crippen molar-refractivity contribution in [1.29, 1.82) is 0 Å². The number of carbonyl (C=O) groups excluding carboxylic acids is 2. The van der Waals surface area contributed by atoms with Gasteiger partial charge < -0.3 is 20.4 Å². The van der Waals surface area contributed by atoms with E-state index in [0.29, 0.717) is 24.9 Å². The second-order valence-corrected chi connectivity index (χ2v) is 6.49. The number of aromatic hydroxyl groups is 1. The number of nitrogens with zero attached hydrogens (tertiary/aromatic N) is 1. The number of phenolic OH excluding ortho intramolecular Hbond substituents is 1. The fraction of sp³-hybridized carbons (Fsp3) is 0.300. The first-order valence-electron chi connectivity index (χ1n) is 8.77. The molecule has 2 amide bonds. The van der Waals surface area contributed by atoms with Crippen molar-refractivity contribution in [2.45, 2.75) is 25.0 Å². The molecule has 2 aromatic rings. The van der Waals surface area contributed by atoms with Crippen LogP contribution in [-0.4, -0.2) is 46.1 Å². The van der Waals surface area contributed by atoms with Gasteiger partial charge in [0.25, 0.3) is 5.91 Å². The summed E-state index contributed by atoms with van der Waals surface area (Å²) >= 11 is 0. The van der Waals surface area contributed by atoms with Crippen LogP contribution in [0.15, 0.2) is 48.5 Å². The van der Waals surface area contributed by atoms with Crippen molar-refractivity contribution in [3.05, 3.63) is 65.5 Å². The Labute approximate surface area is 156 Å². The summed E-state index contributed by atoms with van der Waals surface area (Å²) in [7, 11) is 0. The second-order valence-electron chi connectivity index (χ2n) is 6.49. The summed E-state index contributed by atoms with van der Waals surface area (Å²) in [6.07, 6.45) is 0.216. The van der Waals surface area contributed by atoms with Crippen molar-refractivity contribution in [3.8, 4) is 5.75 Å². The lowest BCUT2D eigenvalue weighted by Crippen LogP contribution is -2.46. The fourth-order valence-electron chi connectivity index (χ4n) is 3.21. The molecule has 7 heteroatoms. The average Bonchev–Trinajstić information content (AvgIpc) is 3.16. The normalized spacial score (nSPS) is 17.6. The number of hydrogen-bond acceptors (Lipinski definition) is 4. The van der Waals surface area contributed by atoms with Gasteiger partial charge in [-0.05, 0) is 42.7 Å². The molecule has 0 aliphatic carbocycles. The molecule has 2 atom stereocenters. The standard InChI is InChI=1S/C20H21FN2O4/c21-14-9-7-13(8-10-14)18(25)12-22-19(26)16-5-3-11-23(16)20(27)15-4-1-2-6-17(15)24/h1-2,4,6-10,16,18,24-25H,3,5,11-12H2,(H,22,26)/t16-,18-/m1/s1. The van der Waals surface area contributed by atoms with E-state index in [1.807, 2.05) is 0 Å². The lowest BCUT2D eigenvalue weighted by Gasteiger charge is -2.25. The van der Waals surface area contributed by atoms with Crippen molar-refractivity contribution in [2.75, 3.05) is 13.1 Å². The zero-order valence-corrected chi connectivity index (χ0v) is 14.6. The Kier molecular flexibility index (Phi) is 5.71. The number of halogens is 1. The third-order valence-corrected chi connectivity index (χ3v) is 4.68. The van der Waals surface area contributed by atoms with Gasteiger partial charge in [0.15, 0.2) is 0 Å². The lowest BCUT2D eigenvalue weighted by atomic mass is 10.1. The van der Waals surface area contributed by atoms with E-state index in [9.17, 15) is 24.2 Å². The summed E-state index contributed by atoms with van der Waals surface area (Å²) in [4.78, 5) is 26.6. The molecule has 1 heterocycles. The minimum Gasteiger partial charge on any atom is -0.507 e. The van der Waals surface area contributed by atoms with Crippen LogP contribution in [-0.2, 0) is 4.79 Å². The van der Waals surface area contributed by atoms with E-state index < -0.39 is 23.9 Å². The highest BCUT2D eigenvalue weighted by Crippen LogP contribution is 2.24. The van der Waals surface area contributed by atoms with Gasteiger partial charge in [-0.15, -0.1) is 0 Å². The Morgan fingerprint density at radius 3 is 2.59 bits per heavy atom. The Hall–Kier alpha value is -2.93. The number of carbonyl (C=O) groups is 2. The van der Waals surface area contributed by atoms with Crippen LogP contribution in [0.3, 0.4) is 0 Å². The maximum Gasteiger partial charge on any atom is 0.258 e. The molecule has 3 rings (SSSR count). The number of aliphatic hydroxyl groups is 1. The maximum absolute atomic E-state index is 12.9. The number of para-hydroxylation sites is 1. The molecule has 1 fully saturated rings. The van der Waals surface area contributed by atoms with Gasteiger partial charge in [-0.25, -0.2) is 4.39 Å². The number of hydrogen-bond donors (Lipinski definition) is 3. The van der Waals surface area contributed by atoms with Gasteiger partial charge in [-0.2, -0.15) is 0 Å². The zero-order chi connectivity index (χ0) is 19.4. The van der Waals surface area contributed by atoms with Crippen LogP contribution in [0.4, 0.5) is 4.39 Å². The van der Waals surface area contributed by atoms with Gasteiger partial charge in [-0.3, -0.25) is 9.59 Å². The van der Waals surface area contributed by atoms with Crippen LogP contribution in [0.5, 0.6) is 5.75 Å². The first kappa shape index (κ1) is 18.8. The van der Waals surface area contributed by atoms with Crippen molar-refractivity contribution >= 4 is 11.8 Å². The van der Waals surface area contributed by atoms with Crippen LogP contribution in [0, 0.1) is 5.82 Å². The summed E-state index contributed by atoms with van der Waals surface area (Å²) in [6, 6.07) is 11.0. The minimum atomic E-state index is -0.974. The molecule has 0 spiro atoms. The highest BCUT2D eigenvalue weighted by atomic mass is 19.1. The van der Waals surface area contributed by atoms with E-state index in [-0.39, 0.29) is 23.8 Å². The quantitative estimate of drug-likeness (QED) is 0.749.